The fourth-order valence-corrected chi connectivity index (χ4v) is 4.13. The lowest BCUT2D eigenvalue weighted by Gasteiger charge is -2.36. The van der Waals surface area contributed by atoms with Crippen LogP contribution in [0.15, 0.2) is 30.1 Å². The van der Waals surface area contributed by atoms with Gasteiger partial charge in [-0.25, -0.2) is 0 Å². The Morgan fingerprint density at radius 1 is 1.50 bits per heavy atom. The molecule has 1 aliphatic heterocycles. The predicted octanol–water partition coefficient (Wildman–Crippen LogP) is 5.16. The van der Waals surface area contributed by atoms with Crippen LogP contribution in [0.4, 0.5) is 4.79 Å². The van der Waals surface area contributed by atoms with E-state index in [-0.39, 0.29) is 9.33 Å². The number of hydrogen-bond donors (Lipinski definition) is 1. The van der Waals surface area contributed by atoms with Crippen LogP contribution >= 0.6 is 22.6 Å². The molecule has 0 radical (unpaired) electrons. The number of halogens is 1. The predicted molar refractivity (Wildman–Crippen MR) is 99.2 cm³/mol. The van der Waals surface area contributed by atoms with Gasteiger partial charge in [0.05, 0.1) is 0 Å². The summed E-state index contributed by atoms with van der Waals surface area (Å²) in [5, 5.41) is 3.00. The molecule has 0 spiro atoms. The number of aryl methyl sites for hydroxylation is 1. The standard InChI is InChI=1S/C18H23IN2O/c1-3-18(2)10-6-11-21-12-9-14(16(18)21)13-7-4-5-8-15(13)20-17(19)22/h5,8-9,12H,3-4,6-7,10-11H2,1-2H3,(H,20,22)/t18-/m0/s1. The molecule has 1 N–H and O–H groups in total. The van der Waals surface area contributed by atoms with Gasteiger partial charge in [-0.3, -0.25) is 4.79 Å². The molecule has 1 aromatic heterocycles. The summed E-state index contributed by atoms with van der Waals surface area (Å²) in [5.41, 5.74) is 5.32. The lowest BCUT2D eigenvalue weighted by molar-refractivity contribution is 0.265. The van der Waals surface area contributed by atoms with Gasteiger partial charge in [-0.1, -0.05) is 19.9 Å². The van der Waals surface area contributed by atoms with Crippen molar-refractivity contribution in [2.45, 2.75) is 57.9 Å². The smallest absolute Gasteiger partial charge is 0.284 e. The van der Waals surface area contributed by atoms with Gasteiger partial charge in [0.15, 0.2) is 0 Å². The SMILES string of the molecule is CC[C@@]1(C)CCCn2ccc(C3=C(NC(=O)I)C=CCC3)c21. The molecule has 2 aliphatic rings. The van der Waals surface area contributed by atoms with Crippen molar-refractivity contribution in [1.29, 1.82) is 0 Å². The van der Waals surface area contributed by atoms with Gasteiger partial charge in [-0.15, -0.1) is 0 Å². The molecule has 0 aromatic carbocycles. The Hall–Kier alpha value is -1.04. The number of rotatable bonds is 3. The van der Waals surface area contributed by atoms with Crippen LogP contribution in [-0.2, 0) is 12.0 Å². The molecule has 3 rings (SSSR count). The summed E-state index contributed by atoms with van der Waals surface area (Å²) in [6.45, 7) is 5.79. The normalized spacial score (nSPS) is 24.3. The van der Waals surface area contributed by atoms with Crippen LogP contribution in [0.25, 0.3) is 5.57 Å². The number of carbonyl (C=O) groups is 1. The Balaban J connectivity index is 2.12. The first-order valence-electron chi connectivity index (χ1n) is 8.11. The van der Waals surface area contributed by atoms with E-state index in [0.29, 0.717) is 0 Å². The number of allylic oxidation sites excluding steroid dienone is 3. The first-order chi connectivity index (χ1) is 10.5. The summed E-state index contributed by atoms with van der Waals surface area (Å²) >= 11 is 1.81. The maximum Gasteiger partial charge on any atom is 0.284 e. The van der Waals surface area contributed by atoms with Gasteiger partial charge < -0.3 is 9.88 Å². The van der Waals surface area contributed by atoms with Crippen molar-refractivity contribution >= 4 is 32.1 Å². The van der Waals surface area contributed by atoms with E-state index < -0.39 is 0 Å². The van der Waals surface area contributed by atoms with Crippen molar-refractivity contribution in [2.24, 2.45) is 0 Å². The third-order valence-corrected chi connectivity index (χ3v) is 5.44. The van der Waals surface area contributed by atoms with Crippen molar-refractivity contribution in [3.63, 3.8) is 0 Å². The summed E-state index contributed by atoms with van der Waals surface area (Å²) in [7, 11) is 0. The maximum atomic E-state index is 11.5. The molecule has 1 aromatic rings. The summed E-state index contributed by atoms with van der Waals surface area (Å²) in [6, 6.07) is 2.25. The Bertz CT molecular complexity index is 656. The second kappa shape index (κ2) is 6.22. The molecular formula is C18H23IN2O. The Morgan fingerprint density at radius 3 is 3.05 bits per heavy atom. The van der Waals surface area contributed by atoms with Crippen molar-refractivity contribution in [1.82, 2.24) is 9.88 Å². The molecule has 0 saturated carbocycles. The summed E-state index contributed by atoms with van der Waals surface area (Å²) in [4.78, 5) is 11.5. The fourth-order valence-electron chi connectivity index (χ4n) is 3.84. The third-order valence-electron chi connectivity index (χ3n) is 5.17. The number of fused-ring (bicyclic) bond motifs is 1. The summed E-state index contributed by atoms with van der Waals surface area (Å²) in [5.74, 6) is 0. The van der Waals surface area contributed by atoms with Crippen LogP contribution in [-0.4, -0.2) is 8.48 Å². The van der Waals surface area contributed by atoms with Crippen LogP contribution in [0.3, 0.4) is 0 Å². The van der Waals surface area contributed by atoms with E-state index in [1.54, 1.807) is 22.6 Å². The fraction of sp³-hybridized carbons (Fsp3) is 0.500. The van der Waals surface area contributed by atoms with Gasteiger partial charge in [0.25, 0.3) is 3.91 Å². The molecule has 1 amide bonds. The van der Waals surface area contributed by atoms with Gasteiger partial charge >= 0.3 is 0 Å². The summed E-state index contributed by atoms with van der Waals surface area (Å²) < 4.78 is 2.40. The zero-order chi connectivity index (χ0) is 15.7. The average molecular weight is 410 g/mol. The number of hydrogen-bond acceptors (Lipinski definition) is 1. The Kier molecular flexibility index (Phi) is 4.48. The van der Waals surface area contributed by atoms with E-state index in [1.807, 2.05) is 0 Å². The van der Waals surface area contributed by atoms with Crippen LogP contribution in [0.1, 0.15) is 57.2 Å². The van der Waals surface area contributed by atoms with Gasteiger partial charge in [0.1, 0.15) is 0 Å². The molecule has 2 heterocycles. The molecule has 3 nitrogen and oxygen atoms in total. The van der Waals surface area contributed by atoms with Crippen molar-refractivity contribution in [3.8, 4) is 0 Å². The van der Waals surface area contributed by atoms with Crippen LogP contribution < -0.4 is 5.32 Å². The minimum Gasteiger partial charge on any atom is -0.350 e. The highest BCUT2D eigenvalue weighted by molar-refractivity contribution is 14.1. The number of carbonyl (C=O) groups excluding carboxylic acids is 1. The molecule has 0 bridgehead atoms. The van der Waals surface area contributed by atoms with E-state index in [1.165, 1.54) is 29.7 Å². The molecule has 118 valence electrons. The lowest BCUT2D eigenvalue weighted by atomic mass is 9.74. The molecule has 22 heavy (non-hydrogen) atoms. The van der Waals surface area contributed by atoms with E-state index in [4.69, 9.17) is 0 Å². The van der Waals surface area contributed by atoms with Crippen molar-refractivity contribution < 1.29 is 4.79 Å². The largest absolute Gasteiger partial charge is 0.350 e. The minimum absolute atomic E-state index is 0.0250. The number of nitrogens with zero attached hydrogens (tertiary/aromatic N) is 1. The van der Waals surface area contributed by atoms with Crippen LogP contribution in [0.5, 0.6) is 0 Å². The average Bonchev–Trinajstić information content (AvgIpc) is 2.93. The first kappa shape index (κ1) is 15.8. The lowest BCUT2D eigenvalue weighted by Crippen LogP contribution is -2.31. The molecule has 1 aliphatic carbocycles. The zero-order valence-electron chi connectivity index (χ0n) is 13.3. The number of nitrogens with one attached hydrogen (secondary N) is 1. The third kappa shape index (κ3) is 2.77. The monoisotopic (exact) mass is 410 g/mol. The highest BCUT2D eigenvalue weighted by Crippen LogP contribution is 2.43. The Labute approximate surface area is 146 Å². The molecule has 0 fully saturated rings. The first-order valence-corrected chi connectivity index (χ1v) is 9.19. The second-order valence-corrected chi connectivity index (χ2v) is 7.50. The van der Waals surface area contributed by atoms with Gasteiger partial charge in [0.2, 0.25) is 0 Å². The summed E-state index contributed by atoms with van der Waals surface area (Å²) in [6.07, 6.45) is 12.1. The van der Waals surface area contributed by atoms with E-state index >= 15 is 0 Å². The van der Waals surface area contributed by atoms with Gasteiger partial charge in [-0.2, -0.15) is 0 Å². The number of aromatic nitrogens is 1. The second-order valence-electron chi connectivity index (χ2n) is 6.52. The number of amides is 1. The zero-order valence-corrected chi connectivity index (χ0v) is 15.4. The minimum atomic E-state index is -0.0250. The topological polar surface area (TPSA) is 34.0 Å². The van der Waals surface area contributed by atoms with Crippen LogP contribution in [0.2, 0.25) is 0 Å². The van der Waals surface area contributed by atoms with E-state index in [0.717, 1.165) is 31.5 Å². The van der Waals surface area contributed by atoms with Crippen molar-refractivity contribution in [2.75, 3.05) is 0 Å². The van der Waals surface area contributed by atoms with Crippen LogP contribution in [0, 0.1) is 0 Å². The van der Waals surface area contributed by atoms with E-state index in [2.05, 4.69) is 48.1 Å². The molecular weight excluding hydrogens is 387 g/mol. The highest BCUT2D eigenvalue weighted by atomic mass is 127. The van der Waals surface area contributed by atoms with E-state index in [9.17, 15) is 4.79 Å². The van der Waals surface area contributed by atoms with Gasteiger partial charge in [0, 0.05) is 57.7 Å². The Morgan fingerprint density at radius 2 is 2.32 bits per heavy atom. The molecule has 1 atom stereocenters. The van der Waals surface area contributed by atoms with Gasteiger partial charge in [-0.05, 0) is 49.8 Å². The molecule has 0 saturated heterocycles. The molecule has 0 unspecified atom stereocenters. The maximum absolute atomic E-state index is 11.5. The quantitative estimate of drug-likeness (QED) is 0.417. The highest BCUT2D eigenvalue weighted by Gasteiger charge is 2.34. The van der Waals surface area contributed by atoms with Crippen molar-refractivity contribution in [3.05, 3.63) is 41.4 Å². The molecule has 4 heteroatoms.